The number of rotatable bonds is 10. The van der Waals surface area contributed by atoms with E-state index in [-0.39, 0.29) is 24.5 Å². The van der Waals surface area contributed by atoms with Crippen LogP contribution in [0.5, 0.6) is 0 Å². The van der Waals surface area contributed by atoms with Gasteiger partial charge in [0.05, 0.1) is 18.8 Å². The molecule has 0 saturated heterocycles. The minimum atomic E-state index is -0.384. The molecule has 3 N–H and O–H groups in total. The van der Waals surface area contributed by atoms with Gasteiger partial charge in [-0.3, -0.25) is 9.59 Å². The number of amides is 2. The van der Waals surface area contributed by atoms with Crippen LogP contribution in [0, 0.1) is 0 Å². The van der Waals surface area contributed by atoms with Gasteiger partial charge in [-0.15, -0.1) is 0 Å². The van der Waals surface area contributed by atoms with Gasteiger partial charge in [0.2, 0.25) is 12.3 Å². The first-order chi connectivity index (χ1) is 12.4. The van der Waals surface area contributed by atoms with Crippen LogP contribution in [0.3, 0.4) is 0 Å². The van der Waals surface area contributed by atoms with Gasteiger partial charge in [-0.05, 0) is 47.2 Å². The number of fused-ring (bicyclic) bond motifs is 1. The molecule has 2 aromatic rings. The van der Waals surface area contributed by atoms with Crippen LogP contribution in [0.2, 0.25) is 0 Å². The zero-order chi connectivity index (χ0) is 19.1. The summed E-state index contributed by atoms with van der Waals surface area (Å²) in [6.45, 7) is 6.72. The summed E-state index contributed by atoms with van der Waals surface area (Å²) in [5.41, 5.74) is 7.60. The van der Waals surface area contributed by atoms with E-state index in [1.54, 1.807) is 0 Å². The van der Waals surface area contributed by atoms with Gasteiger partial charge in [0, 0.05) is 6.42 Å². The van der Waals surface area contributed by atoms with E-state index < -0.39 is 0 Å². The van der Waals surface area contributed by atoms with Crippen LogP contribution in [0.4, 0.5) is 0 Å². The van der Waals surface area contributed by atoms with Crippen LogP contribution in [0.25, 0.3) is 10.8 Å². The molecule has 2 rings (SSSR count). The number of carbonyl (C=O) groups excluding carboxylic acids is 2. The Morgan fingerprint density at radius 2 is 2.00 bits per heavy atom. The summed E-state index contributed by atoms with van der Waals surface area (Å²) >= 11 is 0. The van der Waals surface area contributed by atoms with Gasteiger partial charge < -0.3 is 15.8 Å². The second-order valence-electron chi connectivity index (χ2n) is 6.97. The summed E-state index contributed by atoms with van der Waals surface area (Å²) in [5.74, 6) is 0.0895. The number of nitrogens with one attached hydrogen (secondary N) is 1. The third-order valence-electron chi connectivity index (χ3n) is 4.66. The highest BCUT2D eigenvalue weighted by Gasteiger charge is 2.18. The standard InChI is InChI=1S/C21H28N2O3/c1-14(2)18-6-4-5-17-11-16(7-8-19(17)18)12-26-15(3)20(23-13-24)9-10-21(22)25/h4-8,11,13-15,20H,9-10,12H2,1-3H3,(H2,22,25)(H,23,24). The molecule has 140 valence electrons. The normalized spacial score (nSPS) is 13.5. The van der Waals surface area contributed by atoms with Crippen LogP contribution in [-0.4, -0.2) is 24.5 Å². The van der Waals surface area contributed by atoms with Crippen molar-refractivity contribution in [3.63, 3.8) is 0 Å². The van der Waals surface area contributed by atoms with Crippen molar-refractivity contribution < 1.29 is 14.3 Å². The third-order valence-corrected chi connectivity index (χ3v) is 4.66. The average Bonchev–Trinajstić information content (AvgIpc) is 2.62. The Bertz CT molecular complexity index is 758. The molecule has 0 radical (unpaired) electrons. The van der Waals surface area contributed by atoms with Crippen molar-refractivity contribution in [1.82, 2.24) is 5.32 Å². The average molecular weight is 356 g/mol. The van der Waals surface area contributed by atoms with Crippen molar-refractivity contribution in [3.8, 4) is 0 Å². The molecule has 0 fully saturated rings. The highest BCUT2D eigenvalue weighted by atomic mass is 16.5. The van der Waals surface area contributed by atoms with Crippen molar-refractivity contribution in [3.05, 3.63) is 47.5 Å². The number of primary amides is 1. The first-order valence-electron chi connectivity index (χ1n) is 9.03. The van der Waals surface area contributed by atoms with Crippen LogP contribution in [0.15, 0.2) is 36.4 Å². The Kier molecular flexibility index (Phi) is 7.16. The van der Waals surface area contributed by atoms with Gasteiger partial charge in [-0.2, -0.15) is 0 Å². The van der Waals surface area contributed by atoms with E-state index in [9.17, 15) is 9.59 Å². The lowest BCUT2D eigenvalue weighted by molar-refractivity contribution is -0.119. The first-order valence-corrected chi connectivity index (χ1v) is 9.03. The highest BCUT2D eigenvalue weighted by molar-refractivity contribution is 5.86. The molecule has 0 aromatic heterocycles. The second kappa shape index (κ2) is 9.34. The smallest absolute Gasteiger partial charge is 0.217 e. The molecule has 5 heteroatoms. The van der Waals surface area contributed by atoms with E-state index >= 15 is 0 Å². The summed E-state index contributed by atoms with van der Waals surface area (Å²) in [4.78, 5) is 21.8. The van der Waals surface area contributed by atoms with E-state index in [1.807, 2.05) is 6.92 Å². The Hall–Kier alpha value is -2.40. The van der Waals surface area contributed by atoms with E-state index in [0.717, 1.165) is 5.56 Å². The minimum Gasteiger partial charge on any atom is -0.372 e. The number of ether oxygens (including phenoxy) is 1. The Balaban J connectivity index is 2.05. The number of hydrogen-bond acceptors (Lipinski definition) is 3. The molecule has 0 aliphatic heterocycles. The lowest BCUT2D eigenvalue weighted by Gasteiger charge is -2.23. The summed E-state index contributed by atoms with van der Waals surface area (Å²) < 4.78 is 5.93. The fourth-order valence-electron chi connectivity index (χ4n) is 3.13. The molecule has 2 amide bonds. The molecule has 2 atom stereocenters. The Labute approximate surface area is 154 Å². The van der Waals surface area contributed by atoms with E-state index in [4.69, 9.17) is 10.5 Å². The van der Waals surface area contributed by atoms with Crippen LogP contribution in [-0.2, 0) is 20.9 Å². The minimum absolute atomic E-state index is 0.215. The number of benzene rings is 2. The van der Waals surface area contributed by atoms with Crippen molar-refractivity contribution in [2.45, 2.75) is 58.3 Å². The van der Waals surface area contributed by atoms with Crippen molar-refractivity contribution in [2.75, 3.05) is 0 Å². The van der Waals surface area contributed by atoms with Crippen LogP contribution >= 0.6 is 0 Å². The predicted octanol–water partition coefficient (Wildman–Crippen LogP) is 3.25. The molecule has 0 spiro atoms. The summed E-state index contributed by atoms with van der Waals surface area (Å²) in [7, 11) is 0. The maximum atomic E-state index is 11.0. The third kappa shape index (κ3) is 5.30. The number of hydrogen-bond donors (Lipinski definition) is 2. The molecule has 0 saturated carbocycles. The van der Waals surface area contributed by atoms with Gasteiger partial charge in [0.1, 0.15) is 0 Å². The SMILES string of the molecule is CC(C)c1cccc2cc(COC(C)C(CCC(N)=O)NC=O)ccc12. The Morgan fingerprint density at radius 3 is 2.65 bits per heavy atom. The molecule has 0 aliphatic carbocycles. The zero-order valence-electron chi connectivity index (χ0n) is 15.7. The largest absolute Gasteiger partial charge is 0.372 e. The topological polar surface area (TPSA) is 81.4 Å². The molecular weight excluding hydrogens is 328 g/mol. The summed E-state index contributed by atoms with van der Waals surface area (Å²) in [6.07, 6.45) is 1.09. The van der Waals surface area contributed by atoms with Gasteiger partial charge in [-0.1, -0.05) is 44.2 Å². The first kappa shape index (κ1) is 19.9. The second-order valence-corrected chi connectivity index (χ2v) is 6.97. The summed E-state index contributed by atoms with van der Waals surface area (Å²) in [6, 6.07) is 12.5. The number of carbonyl (C=O) groups is 2. The number of nitrogens with two attached hydrogens (primary N) is 1. The lowest BCUT2D eigenvalue weighted by atomic mass is 9.95. The monoisotopic (exact) mass is 356 g/mol. The quantitative estimate of drug-likeness (QED) is 0.641. The van der Waals surface area contributed by atoms with E-state index in [1.165, 1.54) is 16.3 Å². The Morgan fingerprint density at radius 1 is 1.23 bits per heavy atom. The zero-order valence-corrected chi connectivity index (χ0v) is 15.7. The van der Waals surface area contributed by atoms with Gasteiger partial charge in [-0.25, -0.2) is 0 Å². The van der Waals surface area contributed by atoms with Gasteiger partial charge in [0.25, 0.3) is 0 Å². The van der Waals surface area contributed by atoms with E-state index in [0.29, 0.717) is 25.4 Å². The maximum absolute atomic E-state index is 11.0. The van der Waals surface area contributed by atoms with Gasteiger partial charge >= 0.3 is 0 Å². The van der Waals surface area contributed by atoms with Crippen molar-refractivity contribution in [1.29, 1.82) is 0 Å². The molecule has 0 heterocycles. The molecular formula is C21H28N2O3. The molecule has 0 aliphatic rings. The fourth-order valence-corrected chi connectivity index (χ4v) is 3.13. The van der Waals surface area contributed by atoms with Crippen molar-refractivity contribution >= 4 is 23.1 Å². The lowest BCUT2D eigenvalue weighted by Crippen LogP contribution is -2.39. The molecule has 2 unspecified atom stereocenters. The summed E-state index contributed by atoms with van der Waals surface area (Å²) in [5, 5.41) is 5.17. The van der Waals surface area contributed by atoms with Crippen LogP contribution < -0.4 is 11.1 Å². The van der Waals surface area contributed by atoms with Crippen molar-refractivity contribution in [2.24, 2.45) is 5.73 Å². The molecule has 5 nitrogen and oxygen atoms in total. The maximum Gasteiger partial charge on any atom is 0.217 e. The molecule has 2 aromatic carbocycles. The van der Waals surface area contributed by atoms with Crippen LogP contribution in [0.1, 0.15) is 50.7 Å². The highest BCUT2D eigenvalue weighted by Crippen LogP contribution is 2.26. The fraction of sp³-hybridized carbons (Fsp3) is 0.429. The predicted molar refractivity (Wildman–Crippen MR) is 104 cm³/mol. The van der Waals surface area contributed by atoms with Gasteiger partial charge in [0.15, 0.2) is 0 Å². The molecule has 26 heavy (non-hydrogen) atoms. The molecule has 0 bridgehead atoms. The van der Waals surface area contributed by atoms with E-state index in [2.05, 4.69) is 55.6 Å².